The highest BCUT2D eigenvalue weighted by atomic mass is 16.2. The van der Waals surface area contributed by atoms with Crippen LogP contribution in [-0.4, -0.2) is 36.5 Å². The number of carbonyl (C=O) groups excluding carboxylic acids is 1. The number of carbonyl (C=O) groups is 1. The lowest BCUT2D eigenvalue weighted by molar-refractivity contribution is -0.139. The maximum atomic E-state index is 12.7. The van der Waals surface area contributed by atoms with Crippen LogP contribution in [0.2, 0.25) is 0 Å². The number of amides is 1. The Balaban J connectivity index is 1.70. The van der Waals surface area contributed by atoms with Crippen LogP contribution in [0.5, 0.6) is 0 Å². The summed E-state index contributed by atoms with van der Waals surface area (Å²) in [6.07, 6.45) is 9.87. The molecule has 17 heavy (non-hydrogen) atoms. The number of piperidine rings is 1. The van der Waals surface area contributed by atoms with Gasteiger partial charge in [0.25, 0.3) is 0 Å². The Kier molecular flexibility index (Phi) is 3.12. The first-order chi connectivity index (χ1) is 8.32. The second kappa shape index (κ2) is 4.60. The Hall–Kier alpha value is -0.570. The molecule has 3 fully saturated rings. The van der Waals surface area contributed by atoms with Crippen LogP contribution in [0.3, 0.4) is 0 Å². The van der Waals surface area contributed by atoms with E-state index < -0.39 is 0 Å². The molecule has 0 radical (unpaired) electrons. The summed E-state index contributed by atoms with van der Waals surface area (Å²) in [6.45, 7) is 3.04. The molecule has 1 atom stereocenters. The minimum atomic E-state index is -0.0182. The quantitative estimate of drug-likeness (QED) is 0.754. The van der Waals surface area contributed by atoms with Gasteiger partial charge in [-0.1, -0.05) is 19.3 Å². The van der Waals surface area contributed by atoms with E-state index in [9.17, 15) is 4.79 Å². The minimum Gasteiger partial charge on any atom is -0.339 e. The van der Waals surface area contributed by atoms with Crippen LogP contribution in [0.1, 0.15) is 51.4 Å². The zero-order chi connectivity index (χ0) is 11.7. The van der Waals surface area contributed by atoms with E-state index >= 15 is 0 Å². The second-order valence-electron chi connectivity index (χ2n) is 6.10. The first-order valence-electron chi connectivity index (χ1n) is 7.34. The van der Waals surface area contributed by atoms with E-state index in [0.717, 1.165) is 32.5 Å². The molecule has 2 aliphatic heterocycles. The second-order valence-corrected chi connectivity index (χ2v) is 6.10. The molecule has 0 aromatic carbocycles. The Morgan fingerprint density at radius 3 is 2.65 bits per heavy atom. The summed E-state index contributed by atoms with van der Waals surface area (Å²) in [5.74, 6) is 0.469. The fourth-order valence-corrected chi connectivity index (χ4v) is 3.95. The minimum absolute atomic E-state index is 0.0182. The molecule has 2 heterocycles. The van der Waals surface area contributed by atoms with E-state index in [0.29, 0.717) is 11.9 Å². The smallest absolute Gasteiger partial charge is 0.230 e. The van der Waals surface area contributed by atoms with Crippen LogP contribution in [0.4, 0.5) is 0 Å². The normalized spacial score (nSPS) is 35.8. The molecule has 0 aromatic heterocycles. The predicted molar refractivity (Wildman–Crippen MR) is 67.7 cm³/mol. The van der Waals surface area contributed by atoms with Gasteiger partial charge in [-0.05, 0) is 38.6 Å². The lowest BCUT2D eigenvalue weighted by Gasteiger charge is -2.35. The first-order valence-corrected chi connectivity index (χ1v) is 7.34. The SMILES string of the molecule is O=C1N(C2CCCCC2)CC[C@]12CCCNC2. The molecule has 1 aliphatic carbocycles. The summed E-state index contributed by atoms with van der Waals surface area (Å²) in [5.41, 5.74) is -0.0182. The van der Waals surface area contributed by atoms with Crippen LogP contribution in [-0.2, 0) is 4.79 Å². The number of nitrogens with zero attached hydrogens (tertiary/aromatic N) is 1. The average Bonchev–Trinajstić information content (AvgIpc) is 2.70. The summed E-state index contributed by atoms with van der Waals surface area (Å²) in [5, 5.41) is 3.42. The van der Waals surface area contributed by atoms with Crippen molar-refractivity contribution in [1.82, 2.24) is 10.2 Å². The van der Waals surface area contributed by atoms with Gasteiger partial charge in [-0.2, -0.15) is 0 Å². The molecular weight excluding hydrogens is 212 g/mol. The maximum Gasteiger partial charge on any atom is 0.230 e. The Morgan fingerprint density at radius 2 is 1.94 bits per heavy atom. The number of hydrogen-bond donors (Lipinski definition) is 1. The van der Waals surface area contributed by atoms with Crippen LogP contribution in [0, 0.1) is 5.41 Å². The third-order valence-electron chi connectivity index (χ3n) is 5.03. The standard InChI is InChI=1S/C14H24N2O/c17-13-14(7-4-9-15-11-14)8-10-16(13)12-5-2-1-3-6-12/h12,15H,1-11H2/t14-/m0/s1. The van der Waals surface area contributed by atoms with E-state index in [-0.39, 0.29) is 5.41 Å². The Bertz CT molecular complexity index is 291. The number of likely N-dealkylation sites (tertiary alicyclic amines) is 1. The fourth-order valence-electron chi connectivity index (χ4n) is 3.95. The third kappa shape index (κ3) is 1.99. The molecule has 0 aromatic rings. The summed E-state index contributed by atoms with van der Waals surface area (Å²) in [7, 11) is 0. The van der Waals surface area contributed by atoms with E-state index in [4.69, 9.17) is 0 Å². The predicted octanol–water partition coefficient (Wildman–Crippen LogP) is 1.92. The molecule has 96 valence electrons. The van der Waals surface area contributed by atoms with Gasteiger partial charge in [-0.25, -0.2) is 0 Å². The van der Waals surface area contributed by atoms with E-state index in [1.807, 2.05) is 0 Å². The number of nitrogens with one attached hydrogen (secondary N) is 1. The van der Waals surface area contributed by atoms with Gasteiger partial charge >= 0.3 is 0 Å². The third-order valence-corrected chi connectivity index (χ3v) is 5.03. The highest BCUT2D eigenvalue weighted by Crippen LogP contribution is 2.40. The molecule has 1 spiro atoms. The molecule has 0 bridgehead atoms. The van der Waals surface area contributed by atoms with Gasteiger partial charge in [0, 0.05) is 19.1 Å². The Morgan fingerprint density at radius 1 is 1.12 bits per heavy atom. The zero-order valence-electron chi connectivity index (χ0n) is 10.7. The van der Waals surface area contributed by atoms with E-state index in [1.165, 1.54) is 38.5 Å². The molecule has 2 saturated heterocycles. The number of rotatable bonds is 1. The van der Waals surface area contributed by atoms with Crippen LogP contribution in [0.15, 0.2) is 0 Å². The topological polar surface area (TPSA) is 32.3 Å². The summed E-state index contributed by atoms with van der Waals surface area (Å²) < 4.78 is 0. The molecular formula is C14H24N2O. The molecule has 3 heteroatoms. The van der Waals surface area contributed by atoms with E-state index in [1.54, 1.807) is 0 Å². The molecule has 3 aliphatic rings. The highest BCUT2D eigenvalue weighted by molar-refractivity contribution is 5.85. The Labute approximate surface area is 104 Å². The molecule has 3 rings (SSSR count). The van der Waals surface area contributed by atoms with Crippen molar-refractivity contribution in [3.05, 3.63) is 0 Å². The van der Waals surface area contributed by atoms with Gasteiger partial charge in [0.05, 0.1) is 5.41 Å². The van der Waals surface area contributed by atoms with Crippen molar-refractivity contribution < 1.29 is 4.79 Å². The van der Waals surface area contributed by atoms with Crippen LogP contribution in [0.25, 0.3) is 0 Å². The average molecular weight is 236 g/mol. The number of hydrogen-bond acceptors (Lipinski definition) is 2. The van der Waals surface area contributed by atoms with Gasteiger partial charge in [-0.15, -0.1) is 0 Å². The van der Waals surface area contributed by atoms with Crippen LogP contribution < -0.4 is 5.32 Å². The van der Waals surface area contributed by atoms with Crippen molar-refractivity contribution in [3.8, 4) is 0 Å². The van der Waals surface area contributed by atoms with E-state index in [2.05, 4.69) is 10.2 Å². The van der Waals surface area contributed by atoms with Crippen molar-refractivity contribution in [2.24, 2.45) is 5.41 Å². The van der Waals surface area contributed by atoms with Gasteiger partial charge in [0.15, 0.2) is 0 Å². The molecule has 3 nitrogen and oxygen atoms in total. The lowest BCUT2D eigenvalue weighted by Crippen LogP contribution is -2.48. The van der Waals surface area contributed by atoms with Gasteiger partial charge in [-0.3, -0.25) is 4.79 Å². The van der Waals surface area contributed by atoms with Crippen molar-refractivity contribution in [3.63, 3.8) is 0 Å². The van der Waals surface area contributed by atoms with Gasteiger partial charge < -0.3 is 10.2 Å². The maximum absolute atomic E-state index is 12.7. The summed E-state index contributed by atoms with van der Waals surface area (Å²) >= 11 is 0. The highest BCUT2D eigenvalue weighted by Gasteiger charge is 2.48. The van der Waals surface area contributed by atoms with Crippen molar-refractivity contribution in [2.75, 3.05) is 19.6 Å². The fraction of sp³-hybridized carbons (Fsp3) is 0.929. The van der Waals surface area contributed by atoms with Crippen molar-refractivity contribution >= 4 is 5.91 Å². The summed E-state index contributed by atoms with van der Waals surface area (Å²) in [4.78, 5) is 14.9. The summed E-state index contributed by atoms with van der Waals surface area (Å²) in [6, 6.07) is 0.567. The van der Waals surface area contributed by atoms with Gasteiger partial charge in [0.1, 0.15) is 0 Å². The van der Waals surface area contributed by atoms with Crippen molar-refractivity contribution in [1.29, 1.82) is 0 Å². The monoisotopic (exact) mass is 236 g/mol. The molecule has 1 amide bonds. The zero-order valence-corrected chi connectivity index (χ0v) is 10.7. The van der Waals surface area contributed by atoms with Gasteiger partial charge in [0.2, 0.25) is 5.91 Å². The largest absolute Gasteiger partial charge is 0.339 e. The van der Waals surface area contributed by atoms with Crippen molar-refractivity contribution in [2.45, 2.75) is 57.4 Å². The molecule has 0 unspecified atom stereocenters. The van der Waals surface area contributed by atoms with Crippen LogP contribution >= 0.6 is 0 Å². The first kappa shape index (κ1) is 11.5. The molecule has 1 N–H and O–H groups in total. The molecule has 1 saturated carbocycles. The lowest BCUT2D eigenvalue weighted by atomic mass is 9.79.